The van der Waals surface area contributed by atoms with Crippen LogP contribution in [-0.2, 0) is 14.2 Å². The van der Waals surface area contributed by atoms with E-state index in [4.69, 9.17) is 24.8 Å². The molecule has 0 saturated carbocycles. The molecule has 8 nitrogen and oxygen atoms in total. The van der Waals surface area contributed by atoms with Crippen molar-refractivity contribution < 1.29 is 18.9 Å². The van der Waals surface area contributed by atoms with E-state index in [1.165, 1.54) is 0 Å². The Bertz CT molecular complexity index is 378. The van der Waals surface area contributed by atoms with Gasteiger partial charge < -0.3 is 24.4 Å². The second-order valence-corrected chi connectivity index (χ2v) is 3.85. The molecule has 1 rings (SSSR count). The third-order valence-corrected chi connectivity index (χ3v) is 2.24. The van der Waals surface area contributed by atoms with Gasteiger partial charge in [0.2, 0.25) is 5.88 Å². The van der Waals surface area contributed by atoms with Gasteiger partial charge in [0.25, 0.3) is 0 Å². The second kappa shape index (κ2) is 10.3. The van der Waals surface area contributed by atoms with E-state index < -0.39 is 0 Å². The highest BCUT2D eigenvalue weighted by Gasteiger charge is 2.01. The Labute approximate surface area is 118 Å². The lowest BCUT2D eigenvalue weighted by atomic mass is 10.5. The van der Waals surface area contributed by atoms with Gasteiger partial charge in [-0.05, 0) is 6.92 Å². The number of aryl methyl sites for hydroxylation is 1. The third kappa shape index (κ3) is 7.19. The molecule has 0 saturated heterocycles. The average Bonchev–Trinajstić information content (AvgIpc) is 2.45. The van der Waals surface area contributed by atoms with Crippen molar-refractivity contribution in [2.75, 3.05) is 52.2 Å². The fourth-order valence-electron chi connectivity index (χ4n) is 1.36. The largest absolute Gasteiger partial charge is 0.475 e. The SMILES string of the molecule is COCCOCCOCCOc1cc(NN)nc(C)n1. The zero-order valence-corrected chi connectivity index (χ0v) is 11.9. The minimum Gasteiger partial charge on any atom is -0.475 e. The number of hydrazine groups is 1. The molecule has 0 aliphatic carbocycles. The number of methoxy groups -OCH3 is 1. The van der Waals surface area contributed by atoms with E-state index in [9.17, 15) is 0 Å². The number of rotatable bonds is 11. The van der Waals surface area contributed by atoms with Crippen LogP contribution >= 0.6 is 0 Å². The molecule has 0 fully saturated rings. The first kappa shape index (κ1) is 16.6. The summed E-state index contributed by atoms with van der Waals surface area (Å²) in [5.41, 5.74) is 2.45. The van der Waals surface area contributed by atoms with E-state index in [2.05, 4.69) is 15.4 Å². The van der Waals surface area contributed by atoms with Crippen LogP contribution in [0.4, 0.5) is 5.82 Å². The number of anilines is 1. The standard InChI is InChI=1S/C12H22N4O4/c1-10-14-11(16-13)9-12(15-10)20-8-7-19-6-5-18-4-3-17-2/h9H,3-8,13H2,1-2H3,(H,14,15,16). The molecule has 0 radical (unpaired) electrons. The summed E-state index contributed by atoms with van der Waals surface area (Å²) in [6, 6.07) is 1.63. The van der Waals surface area contributed by atoms with Crippen molar-refractivity contribution in [3.05, 3.63) is 11.9 Å². The normalized spacial score (nSPS) is 10.6. The van der Waals surface area contributed by atoms with Gasteiger partial charge in [-0.1, -0.05) is 0 Å². The molecule has 0 bridgehead atoms. The van der Waals surface area contributed by atoms with Gasteiger partial charge in [0, 0.05) is 13.2 Å². The Morgan fingerprint density at radius 2 is 1.70 bits per heavy atom. The summed E-state index contributed by atoms with van der Waals surface area (Å²) in [6.45, 7) is 4.85. The van der Waals surface area contributed by atoms with Crippen molar-refractivity contribution in [2.45, 2.75) is 6.92 Å². The van der Waals surface area contributed by atoms with E-state index in [1.54, 1.807) is 20.1 Å². The van der Waals surface area contributed by atoms with Crippen LogP contribution in [0.2, 0.25) is 0 Å². The van der Waals surface area contributed by atoms with Crippen molar-refractivity contribution in [1.82, 2.24) is 9.97 Å². The quantitative estimate of drug-likeness (QED) is 0.336. The lowest BCUT2D eigenvalue weighted by Gasteiger charge is -2.08. The summed E-state index contributed by atoms with van der Waals surface area (Å²) in [5.74, 6) is 6.85. The first-order chi connectivity index (χ1) is 9.76. The van der Waals surface area contributed by atoms with E-state index in [0.29, 0.717) is 57.2 Å². The van der Waals surface area contributed by atoms with Crippen molar-refractivity contribution in [3.63, 3.8) is 0 Å². The summed E-state index contributed by atoms with van der Waals surface area (Å²) >= 11 is 0. The van der Waals surface area contributed by atoms with Crippen LogP contribution in [0.25, 0.3) is 0 Å². The minimum absolute atomic E-state index is 0.401. The summed E-state index contributed by atoms with van der Waals surface area (Å²) in [6.07, 6.45) is 0. The number of nitrogens with one attached hydrogen (secondary N) is 1. The maximum atomic E-state index is 5.44. The van der Waals surface area contributed by atoms with Gasteiger partial charge in [-0.2, -0.15) is 4.98 Å². The topological polar surface area (TPSA) is 101 Å². The predicted molar refractivity (Wildman–Crippen MR) is 73.6 cm³/mol. The maximum absolute atomic E-state index is 5.44. The van der Waals surface area contributed by atoms with Gasteiger partial charge in [-0.3, -0.25) is 0 Å². The molecule has 1 heterocycles. The van der Waals surface area contributed by atoms with Gasteiger partial charge in [0.15, 0.2) is 0 Å². The van der Waals surface area contributed by atoms with E-state index in [1.807, 2.05) is 0 Å². The van der Waals surface area contributed by atoms with Gasteiger partial charge in [0.1, 0.15) is 18.2 Å². The first-order valence-corrected chi connectivity index (χ1v) is 6.35. The Morgan fingerprint density at radius 3 is 2.35 bits per heavy atom. The Morgan fingerprint density at radius 1 is 1.05 bits per heavy atom. The number of aromatic nitrogens is 2. The Balaban J connectivity index is 2.08. The highest BCUT2D eigenvalue weighted by molar-refractivity contribution is 5.36. The van der Waals surface area contributed by atoms with Crippen LogP contribution in [0.1, 0.15) is 5.82 Å². The van der Waals surface area contributed by atoms with Crippen molar-refractivity contribution in [3.8, 4) is 5.88 Å². The molecule has 1 aromatic heterocycles. The fourth-order valence-corrected chi connectivity index (χ4v) is 1.36. The van der Waals surface area contributed by atoms with Crippen LogP contribution in [0, 0.1) is 6.92 Å². The summed E-state index contributed by atoms with van der Waals surface area (Å²) in [4.78, 5) is 8.19. The number of nitrogens with two attached hydrogens (primary N) is 1. The molecule has 20 heavy (non-hydrogen) atoms. The predicted octanol–water partition coefficient (Wildman–Crippen LogP) is 0.129. The molecule has 3 N–H and O–H groups in total. The molecule has 8 heteroatoms. The molecule has 0 atom stereocenters. The number of hydrogen-bond acceptors (Lipinski definition) is 8. The second-order valence-electron chi connectivity index (χ2n) is 3.85. The van der Waals surface area contributed by atoms with E-state index in [-0.39, 0.29) is 0 Å². The summed E-state index contributed by atoms with van der Waals surface area (Å²) in [7, 11) is 1.64. The molecule has 0 unspecified atom stereocenters. The zero-order chi connectivity index (χ0) is 14.6. The third-order valence-electron chi connectivity index (χ3n) is 2.24. The molecule has 1 aromatic rings. The van der Waals surface area contributed by atoms with Crippen molar-refractivity contribution >= 4 is 5.82 Å². The maximum Gasteiger partial charge on any atom is 0.218 e. The molecule has 0 aliphatic heterocycles. The number of nitrogens with zero attached hydrogens (tertiary/aromatic N) is 2. The zero-order valence-electron chi connectivity index (χ0n) is 11.9. The molecular formula is C12H22N4O4. The lowest BCUT2D eigenvalue weighted by molar-refractivity contribution is 0.0176. The van der Waals surface area contributed by atoms with E-state index in [0.717, 1.165) is 0 Å². The van der Waals surface area contributed by atoms with Crippen LogP contribution in [-0.4, -0.2) is 56.7 Å². The van der Waals surface area contributed by atoms with Gasteiger partial charge >= 0.3 is 0 Å². The fraction of sp³-hybridized carbons (Fsp3) is 0.667. The minimum atomic E-state index is 0.401. The molecule has 0 spiro atoms. The van der Waals surface area contributed by atoms with Crippen LogP contribution in [0.15, 0.2) is 6.07 Å². The number of ether oxygens (including phenoxy) is 4. The summed E-state index contributed by atoms with van der Waals surface area (Å²) < 4.78 is 20.9. The molecule has 114 valence electrons. The van der Waals surface area contributed by atoms with Gasteiger partial charge in [-0.25, -0.2) is 10.8 Å². The van der Waals surface area contributed by atoms with E-state index >= 15 is 0 Å². The van der Waals surface area contributed by atoms with Gasteiger partial charge in [0.05, 0.1) is 33.0 Å². The summed E-state index contributed by atoms with van der Waals surface area (Å²) in [5, 5.41) is 0. The Hall–Kier alpha value is -1.48. The van der Waals surface area contributed by atoms with Crippen LogP contribution in [0.3, 0.4) is 0 Å². The van der Waals surface area contributed by atoms with Crippen LogP contribution < -0.4 is 16.0 Å². The van der Waals surface area contributed by atoms with Crippen molar-refractivity contribution in [1.29, 1.82) is 0 Å². The number of nitrogen functional groups attached to an aromatic ring is 1. The molecule has 0 amide bonds. The molecule has 0 aliphatic rings. The molecular weight excluding hydrogens is 264 g/mol. The smallest absolute Gasteiger partial charge is 0.218 e. The van der Waals surface area contributed by atoms with Gasteiger partial charge in [-0.15, -0.1) is 0 Å². The Kier molecular flexibility index (Phi) is 8.56. The molecule has 0 aromatic carbocycles. The monoisotopic (exact) mass is 286 g/mol. The van der Waals surface area contributed by atoms with Crippen LogP contribution in [0.5, 0.6) is 5.88 Å². The highest BCUT2D eigenvalue weighted by atomic mass is 16.6. The number of hydrogen-bond donors (Lipinski definition) is 2. The first-order valence-electron chi connectivity index (χ1n) is 6.35. The lowest BCUT2D eigenvalue weighted by Crippen LogP contribution is -2.14. The average molecular weight is 286 g/mol. The highest BCUT2D eigenvalue weighted by Crippen LogP contribution is 2.11. The van der Waals surface area contributed by atoms with Crippen molar-refractivity contribution in [2.24, 2.45) is 5.84 Å².